The van der Waals surface area contributed by atoms with E-state index in [1.54, 1.807) is 23.1 Å². The van der Waals surface area contributed by atoms with E-state index in [0.29, 0.717) is 19.1 Å². The number of hydrogen-bond acceptors (Lipinski definition) is 8. The summed E-state index contributed by atoms with van der Waals surface area (Å²) >= 11 is 3.28. The molecular weight excluding hydrogens is 444 g/mol. The molecule has 170 valence electrons. The Hall–Kier alpha value is -2.26. The number of piperazine rings is 1. The molecule has 0 radical (unpaired) electrons. The van der Waals surface area contributed by atoms with Crippen molar-refractivity contribution in [2.75, 3.05) is 24.2 Å². The van der Waals surface area contributed by atoms with Crippen LogP contribution in [0.25, 0.3) is 21.7 Å². The molecule has 4 heterocycles. The number of thiazole rings is 1. The van der Waals surface area contributed by atoms with E-state index in [-0.39, 0.29) is 18.2 Å². The highest BCUT2D eigenvalue weighted by Gasteiger charge is 2.43. The molecule has 9 heteroatoms. The van der Waals surface area contributed by atoms with Gasteiger partial charge >= 0.3 is 6.09 Å². The molecule has 2 aliphatic rings. The number of carbonyl (C=O) groups excluding carboxylic acids is 1. The van der Waals surface area contributed by atoms with E-state index in [2.05, 4.69) is 28.3 Å². The van der Waals surface area contributed by atoms with Crippen molar-refractivity contribution in [1.29, 1.82) is 0 Å². The first-order valence-corrected chi connectivity index (χ1v) is 13.1. The average molecular weight is 473 g/mol. The standard InChI is InChI=1S/C23H28N4O3S2/c1-23(2,3)30-22(28)27-14-6-5-7-15(27)13-26(12-14)21-25-18-11-16(31-4)10-17(19(18)29-21)20-24-8-9-32-20/h8-11,14-15H,5-7,12-13H2,1-4H3. The first-order chi connectivity index (χ1) is 15.3. The first kappa shape index (κ1) is 21.6. The number of hydrogen-bond donors (Lipinski definition) is 0. The summed E-state index contributed by atoms with van der Waals surface area (Å²) in [6.07, 6.45) is 6.72. The van der Waals surface area contributed by atoms with Crippen LogP contribution >= 0.6 is 23.1 Å². The van der Waals surface area contributed by atoms with Crippen molar-refractivity contribution in [3.63, 3.8) is 0 Å². The smallest absolute Gasteiger partial charge is 0.410 e. The van der Waals surface area contributed by atoms with Crippen LogP contribution in [0.1, 0.15) is 40.0 Å². The zero-order valence-electron chi connectivity index (χ0n) is 18.8. The van der Waals surface area contributed by atoms with Crippen LogP contribution in [0.15, 0.2) is 33.0 Å². The molecule has 0 saturated carbocycles. The Morgan fingerprint density at radius 1 is 1.25 bits per heavy atom. The van der Waals surface area contributed by atoms with Crippen LogP contribution in [-0.2, 0) is 4.74 Å². The van der Waals surface area contributed by atoms with Crippen molar-refractivity contribution in [2.24, 2.45) is 0 Å². The summed E-state index contributed by atoms with van der Waals surface area (Å²) in [7, 11) is 0. The lowest BCUT2D eigenvalue weighted by Crippen LogP contribution is -2.63. The topological polar surface area (TPSA) is 71.7 Å². The summed E-state index contributed by atoms with van der Waals surface area (Å²) in [6, 6.07) is 5.02. The Morgan fingerprint density at radius 2 is 2.00 bits per heavy atom. The highest BCUT2D eigenvalue weighted by Crippen LogP contribution is 2.38. The summed E-state index contributed by atoms with van der Waals surface area (Å²) in [6.45, 7) is 7.14. The van der Waals surface area contributed by atoms with Crippen molar-refractivity contribution >= 4 is 46.3 Å². The Kier molecular flexibility index (Phi) is 5.57. The molecule has 0 N–H and O–H groups in total. The molecule has 2 unspecified atom stereocenters. The fourth-order valence-electron chi connectivity index (χ4n) is 4.64. The van der Waals surface area contributed by atoms with Gasteiger partial charge in [0.05, 0.1) is 17.6 Å². The monoisotopic (exact) mass is 472 g/mol. The summed E-state index contributed by atoms with van der Waals surface area (Å²) < 4.78 is 12.0. The van der Waals surface area contributed by atoms with Gasteiger partial charge in [-0.25, -0.2) is 9.78 Å². The maximum atomic E-state index is 12.9. The van der Waals surface area contributed by atoms with Gasteiger partial charge in [-0.1, -0.05) is 0 Å². The second-order valence-corrected chi connectivity index (χ2v) is 11.2. The number of oxazole rings is 1. The number of carbonyl (C=O) groups is 1. The van der Waals surface area contributed by atoms with Gasteiger partial charge in [-0.3, -0.25) is 4.90 Å². The van der Waals surface area contributed by atoms with Gasteiger partial charge < -0.3 is 14.1 Å². The third-order valence-corrected chi connectivity index (χ3v) is 7.46. The van der Waals surface area contributed by atoms with E-state index in [4.69, 9.17) is 14.1 Å². The summed E-state index contributed by atoms with van der Waals surface area (Å²) in [4.78, 5) is 27.5. The van der Waals surface area contributed by atoms with Crippen LogP contribution in [0, 0.1) is 0 Å². The second kappa shape index (κ2) is 8.26. The van der Waals surface area contributed by atoms with Crippen molar-refractivity contribution in [1.82, 2.24) is 14.9 Å². The van der Waals surface area contributed by atoms with E-state index in [9.17, 15) is 4.79 Å². The molecule has 0 aliphatic carbocycles. The minimum Gasteiger partial charge on any atom is -0.444 e. The van der Waals surface area contributed by atoms with Crippen molar-refractivity contribution in [2.45, 2.75) is 62.6 Å². The minimum absolute atomic E-state index is 0.104. The molecule has 3 aromatic rings. The summed E-state index contributed by atoms with van der Waals surface area (Å²) in [5, 5.41) is 2.90. The number of aromatic nitrogens is 2. The fourth-order valence-corrected chi connectivity index (χ4v) is 5.76. The Bertz CT molecular complexity index is 1110. The number of ether oxygens (including phenoxy) is 1. The fraction of sp³-hybridized carbons (Fsp3) is 0.522. The number of benzene rings is 1. The molecule has 32 heavy (non-hydrogen) atoms. The number of fused-ring (bicyclic) bond motifs is 3. The third-order valence-electron chi connectivity index (χ3n) is 5.95. The van der Waals surface area contributed by atoms with E-state index in [1.807, 2.05) is 37.2 Å². The molecule has 2 aromatic heterocycles. The van der Waals surface area contributed by atoms with Crippen LogP contribution in [0.4, 0.5) is 10.8 Å². The van der Waals surface area contributed by atoms with Crippen LogP contribution in [0.3, 0.4) is 0 Å². The van der Waals surface area contributed by atoms with Crippen LogP contribution in [0.2, 0.25) is 0 Å². The van der Waals surface area contributed by atoms with Gasteiger partial charge in [0.15, 0.2) is 5.58 Å². The molecule has 1 aromatic carbocycles. The van der Waals surface area contributed by atoms with Gasteiger partial charge in [-0.15, -0.1) is 23.1 Å². The molecule has 2 fully saturated rings. The highest BCUT2D eigenvalue weighted by atomic mass is 32.2. The molecule has 0 spiro atoms. The van der Waals surface area contributed by atoms with Crippen LogP contribution in [-0.4, -0.2) is 58.0 Å². The van der Waals surface area contributed by atoms with Crippen molar-refractivity contribution < 1.29 is 13.9 Å². The lowest BCUT2D eigenvalue weighted by atomic mass is 9.92. The number of rotatable bonds is 3. The van der Waals surface area contributed by atoms with E-state index in [0.717, 1.165) is 45.8 Å². The van der Waals surface area contributed by atoms with E-state index in [1.165, 1.54) is 0 Å². The van der Waals surface area contributed by atoms with Crippen LogP contribution < -0.4 is 4.90 Å². The quantitative estimate of drug-likeness (QED) is 0.456. The normalized spacial score (nSPS) is 21.2. The third kappa shape index (κ3) is 4.08. The molecule has 7 nitrogen and oxygen atoms in total. The molecule has 5 rings (SSSR count). The SMILES string of the molecule is CSc1cc(-c2nccs2)c2oc(N3CC4CCCC(C3)N4C(=O)OC(C)(C)C)nc2c1. The number of anilines is 1. The maximum absolute atomic E-state index is 12.9. The summed E-state index contributed by atoms with van der Waals surface area (Å²) in [5.41, 5.74) is 2.10. The Morgan fingerprint density at radius 3 is 2.62 bits per heavy atom. The van der Waals surface area contributed by atoms with Gasteiger partial charge in [0.1, 0.15) is 16.1 Å². The minimum atomic E-state index is -0.496. The molecule has 2 atom stereocenters. The number of piperidine rings is 1. The van der Waals surface area contributed by atoms with Crippen molar-refractivity contribution in [3.8, 4) is 10.6 Å². The van der Waals surface area contributed by atoms with Crippen molar-refractivity contribution in [3.05, 3.63) is 23.7 Å². The highest BCUT2D eigenvalue weighted by molar-refractivity contribution is 7.98. The van der Waals surface area contributed by atoms with E-state index < -0.39 is 5.60 Å². The van der Waals surface area contributed by atoms with Gasteiger partial charge in [-0.05, 0) is 58.4 Å². The molecular formula is C23H28N4O3S2. The largest absolute Gasteiger partial charge is 0.444 e. The number of nitrogens with zero attached hydrogens (tertiary/aromatic N) is 4. The molecule has 2 bridgehead atoms. The zero-order valence-corrected chi connectivity index (χ0v) is 20.5. The molecule has 2 aliphatic heterocycles. The lowest BCUT2D eigenvalue weighted by Gasteiger charge is -2.49. The maximum Gasteiger partial charge on any atom is 0.410 e. The second-order valence-electron chi connectivity index (χ2n) is 9.39. The molecule has 1 amide bonds. The Balaban J connectivity index is 1.45. The van der Waals surface area contributed by atoms with Gasteiger partial charge in [-0.2, -0.15) is 4.98 Å². The lowest BCUT2D eigenvalue weighted by molar-refractivity contribution is -0.0102. The average Bonchev–Trinajstić information content (AvgIpc) is 3.40. The number of thioether (sulfide) groups is 1. The zero-order chi connectivity index (χ0) is 22.5. The first-order valence-electron chi connectivity index (χ1n) is 11.0. The van der Waals surface area contributed by atoms with Crippen LogP contribution in [0.5, 0.6) is 0 Å². The number of amides is 1. The summed E-state index contributed by atoms with van der Waals surface area (Å²) in [5.74, 6) is 0. The predicted molar refractivity (Wildman–Crippen MR) is 129 cm³/mol. The van der Waals surface area contributed by atoms with Gasteiger partial charge in [0, 0.05) is 29.6 Å². The van der Waals surface area contributed by atoms with Gasteiger partial charge in [0.25, 0.3) is 6.01 Å². The molecule has 2 saturated heterocycles. The Labute approximate surface area is 196 Å². The predicted octanol–water partition coefficient (Wildman–Crippen LogP) is 5.65. The van der Waals surface area contributed by atoms with E-state index >= 15 is 0 Å². The van der Waals surface area contributed by atoms with Gasteiger partial charge in [0.2, 0.25) is 0 Å².